The van der Waals surface area contributed by atoms with Crippen LogP contribution in [0.5, 0.6) is 0 Å². The number of unbranched alkanes of at least 4 members (excludes halogenated alkanes) is 7. The van der Waals surface area contributed by atoms with Crippen molar-refractivity contribution in [3.8, 4) is 0 Å². The Morgan fingerprint density at radius 3 is 1.83 bits per heavy atom. The average Bonchev–Trinajstić information content (AvgIpc) is 2.34. The number of carbonyl (C=O) groups is 1. The summed E-state index contributed by atoms with van der Waals surface area (Å²) in [4.78, 5) is 10.3. The molecule has 0 saturated heterocycles. The SMILES string of the molecule is O=C(O)CCCCCCCOCCCCCCO. The Kier molecular flexibility index (Phi) is 14.0. The van der Waals surface area contributed by atoms with Gasteiger partial charge in [0.1, 0.15) is 0 Å². The molecule has 0 aliphatic rings. The standard InChI is InChI=1S/C14H28O4/c15-11-7-3-5-9-13-18-12-8-4-1-2-6-10-14(16)17/h15H,1-13H2,(H,16,17). The fraction of sp³-hybridized carbons (Fsp3) is 0.929. The highest BCUT2D eigenvalue weighted by Gasteiger charge is 1.96. The van der Waals surface area contributed by atoms with Crippen molar-refractivity contribution >= 4 is 5.97 Å². The van der Waals surface area contributed by atoms with E-state index in [9.17, 15) is 4.79 Å². The van der Waals surface area contributed by atoms with Crippen LogP contribution >= 0.6 is 0 Å². The number of ether oxygens (including phenoxy) is 1. The topological polar surface area (TPSA) is 66.8 Å². The normalized spacial score (nSPS) is 10.7. The second-order valence-electron chi connectivity index (χ2n) is 4.66. The van der Waals surface area contributed by atoms with Crippen LogP contribution in [-0.2, 0) is 9.53 Å². The highest BCUT2D eigenvalue weighted by atomic mass is 16.5. The summed E-state index contributed by atoms with van der Waals surface area (Å²) in [5.74, 6) is -0.695. The fourth-order valence-electron chi connectivity index (χ4n) is 1.78. The molecule has 0 aromatic carbocycles. The minimum absolute atomic E-state index is 0.294. The Labute approximate surface area is 110 Å². The molecule has 0 fully saturated rings. The maximum Gasteiger partial charge on any atom is 0.303 e. The lowest BCUT2D eigenvalue weighted by molar-refractivity contribution is -0.137. The first kappa shape index (κ1) is 17.4. The molecular formula is C14H28O4. The smallest absolute Gasteiger partial charge is 0.303 e. The van der Waals surface area contributed by atoms with Crippen LogP contribution in [-0.4, -0.2) is 36.0 Å². The number of hydrogen-bond acceptors (Lipinski definition) is 3. The molecule has 0 amide bonds. The molecule has 0 aromatic heterocycles. The molecular weight excluding hydrogens is 232 g/mol. The van der Waals surface area contributed by atoms with Gasteiger partial charge < -0.3 is 14.9 Å². The quantitative estimate of drug-likeness (QED) is 0.471. The third-order valence-corrected chi connectivity index (χ3v) is 2.88. The van der Waals surface area contributed by atoms with Crippen molar-refractivity contribution in [2.24, 2.45) is 0 Å². The van der Waals surface area contributed by atoms with Crippen LogP contribution in [0.3, 0.4) is 0 Å². The molecule has 0 radical (unpaired) electrons. The van der Waals surface area contributed by atoms with Gasteiger partial charge in [0, 0.05) is 26.2 Å². The lowest BCUT2D eigenvalue weighted by Gasteiger charge is -2.04. The van der Waals surface area contributed by atoms with E-state index in [4.69, 9.17) is 14.9 Å². The van der Waals surface area contributed by atoms with Crippen LogP contribution in [0.25, 0.3) is 0 Å². The third kappa shape index (κ3) is 15.4. The Morgan fingerprint density at radius 2 is 1.28 bits per heavy atom. The molecule has 4 heteroatoms. The molecule has 0 aliphatic carbocycles. The molecule has 0 saturated carbocycles. The molecule has 0 rings (SSSR count). The average molecular weight is 260 g/mol. The number of aliphatic hydroxyl groups excluding tert-OH is 1. The van der Waals surface area contributed by atoms with Crippen LogP contribution in [0, 0.1) is 0 Å². The second-order valence-corrected chi connectivity index (χ2v) is 4.66. The molecule has 0 unspecified atom stereocenters. The molecule has 0 atom stereocenters. The maximum atomic E-state index is 10.3. The van der Waals surface area contributed by atoms with E-state index in [1.165, 1.54) is 0 Å². The monoisotopic (exact) mass is 260 g/mol. The zero-order valence-corrected chi connectivity index (χ0v) is 11.4. The molecule has 0 heterocycles. The summed E-state index contributed by atoms with van der Waals surface area (Å²) in [7, 11) is 0. The van der Waals surface area contributed by atoms with Gasteiger partial charge in [-0.15, -0.1) is 0 Å². The molecule has 2 N–H and O–H groups in total. The molecule has 108 valence electrons. The van der Waals surface area contributed by atoms with E-state index in [1.54, 1.807) is 0 Å². The molecule has 0 aromatic rings. The first-order chi connectivity index (χ1) is 8.77. The largest absolute Gasteiger partial charge is 0.481 e. The van der Waals surface area contributed by atoms with E-state index in [0.717, 1.165) is 71.0 Å². The lowest BCUT2D eigenvalue weighted by Crippen LogP contribution is -1.98. The van der Waals surface area contributed by atoms with E-state index >= 15 is 0 Å². The molecule has 18 heavy (non-hydrogen) atoms. The highest BCUT2D eigenvalue weighted by Crippen LogP contribution is 2.06. The van der Waals surface area contributed by atoms with Gasteiger partial charge in [-0.2, -0.15) is 0 Å². The van der Waals surface area contributed by atoms with Crippen molar-refractivity contribution < 1.29 is 19.7 Å². The van der Waals surface area contributed by atoms with Crippen molar-refractivity contribution in [3.05, 3.63) is 0 Å². The predicted octanol–water partition coefficient (Wildman–Crippen LogP) is 2.98. The second kappa shape index (κ2) is 14.5. The number of aliphatic hydroxyl groups is 1. The van der Waals surface area contributed by atoms with Gasteiger partial charge in [-0.3, -0.25) is 4.79 Å². The van der Waals surface area contributed by atoms with Gasteiger partial charge in [-0.1, -0.05) is 32.1 Å². The summed E-state index contributed by atoms with van der Waals surface area (Å²) in [6.07, 6.45) is 9.61. The number of rotatable bonds is 14. The zero-order valence-electron chi connectivity index (χ0n) is 11.4. The summed E-state index contributed by atoms with van der Waals surface area (Å²) < 4.78 is 5.50. The van der Waals surface area contributed by atoms with Crippen LogP contribution in [0.2, 0.25) is 0 Å². The molecule has 0 spiro atoms. The number of carboxylic acids is 1. The van der Waals surface area contributed by atoms with Crippen molar-refractivity contribution in [3.63, 3.8) is 0 Å². The Morgan fingerprint density at radius 1 is 0.778 bits per heavy atom. The Bertz CT molecular complexity index is 183. The summed E-state index contributed by atoms with van der Waals surface area (Å²) in [6, 6.07) is 0. The highest BCUT2D eigenvalue weighted by molar-refractivity contribution is 5.66. The number of hydrogen-bond donors (Lipinski definition) is 2. The van der Waals surface area contributed by atoms with Gasteiger partial charge in [0.05, 0.1) is 0 Å². The minimum atomic E-state index is -0.695. The van der Waals surface area contributed by atoms with Crippen LogP contribution in [0.4, 0.5) is 0 Å². The lowest BCUT2D eigenvalue weighted by atomic mass is 10.1. The number of aliphatic carboxylic acids is 1. The molecule has 4 nitrogen and oxygen atoms in total. The zero-order chi connectivity index (χ0) is 13.5. The van der Waals surface area contributed by atoms with Crippen LogP contribution in [0.15, 0.2) is 0 Å². The third-order valence-electron chi connectivity index (χ3n) is 2.88. The summed E-state index contributed by atoms with van der Waals surface area (Å²) >= 11 is 0. The van der Waals surface area contributed by atoms with Crippen molar-refractivity contribution in [2.75, 3.05) is 19.8 Å². The Hall–Kier alpha value is -0.610. The van der Waals surface area contributed by atoms with E-state index in [1.807, 2.05) is 0 Å². The van der Waals surface area contributed by atoms with E-state index in [-0.39, 0.29) is 0 Å². The van der Waals surface area contributed by atoms with Crippen molar-refractivity contribution in [2.45, 2.75) is 64.2 Å². The van der Waals surface area contributed by atoms with Crippen molar-refractivity contribution in [1.82, 2.24) is 0 Å². The van der Waals surface area contributed by atoms with Gasteiger partial charge >= 0.3 is 5.97 Å². The minimum Gasteiger partial charge on any atom is -0.481 e. The van der Waals surface area contributed by atoms with Crippen molar-refractivity contribution in [1.29, 1.82) is 0 Å². The van der Waals surface area contributed by atoms with E-state index < -0.39 is 5.97 Å². The van der Waals surface area contributed by atoms with Gasteiger partial charge in [-0.25, -0.2) is 0 Å². The van der Waals surface area contributed by atoms with Gasteiger partial charge in [0.2, 0.25) is 0 Å². The summed E-state index contributed by atoms with van der Waals surface area (Å²) in [5.41, 5.74) is 0. The van der Waals surface area contributed by atoms with Gasteiger partial charge in [0.25, 0.3) is 0 Å². The van der Waals surface area contributed by atoms with Gasteiger partial charge in [0.15, 0.2) is 0 Å². The van der Waals surface area contributed by atoms with Crippen LogP contribution < -0.4 is 0 Å². The van der Waals surface area contributed by atoms with E-state index in [0.29, 0.717) is 13.0 Å². The Balaban J connectivity index is 2.92. The predicted molar refractivity (Wildman–Crippen MR) is 71.7 cm³/mol. The maximum absolute atomic E-state index is 10.3. The summed E-state index contributed by atoms with van der Waals surface area (Å²) in [6.45, 7) is 1.94. The first-order valence-corrected chi connectivity index (χ1v) is 7.17. The molecule has 0 aliphatic heterocycles. The van der Waals surface area contributed by atoms with E-state index in [2.05, 4.69) is 0 Å². The summed E-state index contributed by atoms with van der Waals surface area (Å²) in [5, 5.41) is 17.1. The number of carboxylic acid groups (broad SMARTS) is 1. The van der Waals surface area contributed by atoms with Gasteiger partial charge in [-0.05, 0) is 25.7 Å². The van der Waals surface area contributed by atoms with Crippen LogP contribution in [0.1, 0.15) is 64.2 Å². The first-order valence-electron chi connectivity index (χ1n) is 7.17. The fourth-order valence-corrected chi connectivity index (χ4v) is 1.78. The molecule has 0 bridgehead atoms.